The van der Waals surface area contributed by atoms with Crippen molar-refractivity contribution in [3.63, 3.8) is 0 Å². The number of aldehydes is 1. The minimum Gasteiger partial charge on any atom is -0.491 e. The van der Waals surface area contributed by atoms with E-state index < -0.39 is 29.7 Å². The third-order valence-electron chi connectivity index (χ3n) is 8.52. The second-order valence-electron chi connectivity index (χ2n) is 12.6. The van der Waals surface area contributed by atoms with Gasteiger partial charge in [0.1, 0.15) is 24.7 Å². The molecule has 1 atom stereocenters. The van der Waals surface area contributed by atoms with Crippen LogP contribution in [0.2, 0.25) is 0 Å². The van der Waals surface area contributed by atoms with Crippen molar-refractivity contribution in [1.82, 2.24) is 10.2 Å². The van der Waals surface area contributed by atoms with Gasteiger partial charge in [0.15, 0.2) is 0 Å². The number of piperidine rings is 1. The van der Waals surface area contributed by atoms with E-state index in [0.717, 1.165) is 11.2 Å². The van der Waals surface area contributed by atoms with Crippen molar-refractivity contribution in [2.75, 3.05) is 137 Å². The largest absolute Gasteiger partial charge is 0.491 e. The molecule has 58 heavy (non-hydrogen) atoms. The minimum absolute atomic E-state index is 0.0627. The first-order valence-corrected chi connectivity index (χ1v) is 19.5. The highest BCUT2D eigenvalue weighted by atomic mass is 16.6. The lowest BCUT2D eigenvalue weighted by molar-refractivity contribution is -0.136. The molecule has 4 amide bonds. The quantitative estimate of drug-likeness (QED) is 0.0584. The molecule has 18 heteroatoms. The van der Waals surface area contributed by atoms with Crippen LogP contribution in [-0.2, 0) is 52.2 Å². The van der Waals surface area contributed by atoms with Crippen molar-refractivity contribution in [3.8, 4) is 5.75 Å². The second-order valence-corrected chi connectivity index (χ2v) is 12.6. The second kappa shape index (κ2) is 28.1. The lowest BCUT2D eigenvalue weighted by Crippen LogP contribution is -2.54. The molecule has 0 aliphatic carbocycles. The van der Waals surface area contributed by atoms with E-state index in [1.54, 1.807) is 42.5 Å². The summed E-state index contributed by atoms with van der Waals surface area (Å²) in [7, 11) is 0. The number of nitrogens with one attached hydrogen (secondary N) is 2. The van der Waals surface area contributed by atoms with Crippen LogP contribution in [-0.4, -0.2) is 173 Å². The fourth-order valence-corrected chi connectivity index (χ4v) is 5.64. The van der Waals surface area contributed by atoms with Crippen LogP contribution in [0.15, 0.2) is 42.5 Å². The number of imide groups is 2. The van der Waals surface area contributed by atoms with Gasteiger partial charge in [-0.15, -0.1) is 0 Å². The molecule has 0 saturated carbocycles. The number of hydrogen-bond donors (Lipinski definition) is 2. The monoisotopic (exact) mass is 817 g/mol. The van der Waals surface area contributed by atoms with Gasteiger partial charge in [0, 0.05) is 24.2 Å². The van der Waals surface area contributed by atoms with E-state index in [1.807, 2.05) is 0 Å². The number of carbonyl (C=O) groups excluding carboxylic acids is 5. The van der Waals surface area contributed by atoms with E-state index in [9.17, 15) is 24.0 Å². The number of fused-ring (bicyclic) bond motifs is 1. The first-order chi connectivity index (χ1) is 28.5. The number of anilines is 1. The Balaban J connectivity index is 0.832. The van der Waals surface area contributed by atoms with Gasteiger partial charge in [-0.1, -0.05) is 6.07 Å². The number of amides is 4. The zero-order valence-electron chi connectivity index (χ0n) is 32.8. The molecule has 1 fully saturated rings. The summed E-state index contributed by atoms with van der Waals surface area (Å²) >= 11 is 0. The lowest BCUT2D eigenvalue weighted by atomic mass is 10.0. The number of benzene rings is 2. The lowest BCUT2D eigenvalue weighted by Gasteiger charge is -2.27. The summed E-state index contributed by atoms with van der Waals surface area (Å²) in [4.78, 5) is 61.5. The van der Waals surface area contributed by atoms with Crippen LogP contribution in [0.3, 0.4) is 0 Å². The number of hydrogen-bond acceptors (Lipinski definition) is 16. The van der Waals surface area contributed by atoms with E-state index in [1.165, 1.54) is 0 Å². The molecule has 0 radical (unpaired) electrons. The number of nitrogens with zero attached hydrogens (tertiary/aromatic N) is 1. The number of ether oxygens (including phenoxy) is 10. The zero-order valence-corrected chi connectivity index (χ0v) is 32.8. The maximum absolute atomic E-state index is 13.2. The zero-order chi connectivity index (χ0) is 41.0. The summed E-state index contributed by atoms with van der Waals surface area (Å²) < 4.78 is 55.0. The van der Waals surface area contributed by atoms with E-state index in [-0.39, 0.29) is 24.0 Å². The van der Waals surface area contributed by atoms with E-state index in [0.29, 0.717) is 149 Å². The molecular formula is C40H55N3O15. The molecule has 2 N–H and O–H groups in total. The molecule has 0 aromatic heterocycles. The molecule has 0 spiro atoms. The van der Waals surface area contributed by atoms with Gasteiger partial charge in [0.05, 0.1) is 130 Å². The van der Waals surface area contributed by atoms with Gasteiger partial charge < -0.3 is 52.7 Å². The smallest absolute Gasteiger partial charge is 0.264 e. The highest BCUT2D eigenvalue weighted by Crippen LogP contribution is 2.32. The number of rotatable bonds is 34. The molecule has 2 aliphatic heterocycles. The Hall–Kier alpha value is -4.37. The molecule has 2 aliphatic rings. The van der Waals surface area contributed by atoms with Gasteiger partial charge >= 0.3 is 0 Å². The van der Waals surface area contributed by atoms with Gasteiger partial charge in [-0.3, -0.25) is 34.2 Å². The highest BCUT2D eigenvalue weighted by Gasteiger charge is 2.45. The summed E-state index contributed by atoms with van der Waals surface area (Å²) in [5.41, 5.74) is 1.50. The van der Waals surface area contributed by atoms with Crippen molar-refractivity contribution < 1.29 is 71.3 Å². The SMILES string of the molecule is O=Cc1ccc(OCCOCCOCCOCCOCCOCCOCCOCCOCCOCCNc2cccc3c2C(=O)N(C2CCC(=O)NC2=O)C3=O)cc1. The van der Waals surface area contributed by atoms with Crippen molar-refractivity contribution >= 4 is 35.6 Å². The van der Waals surface area contributed by atoms with E-state index in [4.69, 9.17) is 47.4 Å². The first-order valence-electron chi connectivity index (χ1n) is 19.5. The average molecular weight is 818 g/mol. The molecular weight excluding hydrogens is 762 g/mol. The van der Waals surface area contributed by atoms with Crippen molar-refractivity contribution in [2.45, 2.75) is 18.9 Å². The Labute approximate surface area is 337 Å². The molecule has 320 valence electrons. The molecule has 2 heterocycles. The van der Waals surface area contributed by atoms with Crippen molar-refractivity contribution in [3.05, 3.63) is 59.2 Å². The Morgan fingerprint density at radius 3 is 1.52 bits per heavy atom. The fourth-order valence-electron chi connectivity index (χ4n) is 5.64. The van der Waals surface area contributed by atoms with Crippen LogP contribution in [0.1, 0.15) is 43.9 Å². The fraction of sp³-hybridized carbons (Fsp3) is 0.575. The van der Waals surface area contributed by atoms with E-state index in [2.05, 4.69) is 10.6 Å². The summed E-state index contributed by atoms with van der Waals surface area (Å²) in [5, 5.41) is 5.33. The van der Waals surface area contributed by atoms with Crippen molar-refractivity contribution in [2.24, 2.45) is 0 Å². The van der Waals surface area contributed by atoms with Crippen LogP contribution in [0.25, 0.3) is 0 Å². The third-order valence-corrected chi connectivity index (χ3v) is 8.52. The summed E-state index contributed by atoms with van der Waals surface area (Å²) in [6.45, 7) is 8.67. The molecule has 1 saturated heterocycles. The topological polar surface area (TPSA) is 205 Å². The van der Waals surface area contributed by atoms with Gasteiger partial charge in [0.25, 0.3) is 11.8 Å². The molecule has 2 aromatic rings. The summed E-state index contributed by atoms with van der Waals surface area (Å²) in [5.74, 6) is -1.49. The van der Waals surface area contributed by atoms with Crippen LogP contribution in [0, 0.1) is 0 Å². The van der Waals surface area contributed by atoms with Crippen LogP contribution >= 0.6 is 0 Å². The van der Waals surface area contributed by atoms with Gasteiger partial charge in [-0.2, -0.15) is 0 Å². The van der Waals surface area contributed by atoms with Crippen LogP contribution < -0.4 is 15.4 Å². The molecule has 4 rings (SSSR count). The Bertz CT molecular complexity index is 1540. The number of carbonyl (C=O) groups is 5. The summed E-state index contributed by atoms with van der Waals surface area (Å²) in [6, 6.07) is 10.8. The molecule has 0 bridgehead atoms. The Morgan fingerprint density at radius 2 is 1.05 bits per heavy atom. The normalized spacial score (nSPS) is 15.2. The maximum atomic E-state index is 13.2. The van der Waals surface area contributed by atoms with Gasteiger partial charge in [-0.25, -0.2) is 0 Å². The molecule has 1 unspecified atom stereocenters. The standard InChI is InChI=1S/C40H55N3O15/c44-30-31-4-6-32(7-5-31)58-29-28-57-27-26-56-25-24-55-23-22-54-21-20-53-19-18-52-17-16-51-15-14-50-13-12-49-11-10-41-34-3-1-2-33-37(34)40(48)43(39(33)47)35-8-9-36(45)42-38(35)46/h1-7,30,35,41H,8-29H2,(H,42,45,46). The minimum atomic E-state index is -1.01. The van der Waals surface area contributed by atoms with Crippen LogP contribution in [0.4, 0.5) is 5.69 Å². The van der Waals surface area contributed by atoms with Gasteiger partial charge in [0.2, 0.25) is 11.8 Å². The third kappa shape index (κ3) is 16.8. The molecule has 2 aromatic carbocycles. The predicted octanol–water partition coefficient (Wildman–Crippen LogP) is 1.54. The average Bonchev–Trinajstić information content (AvgIpc) is 3.49. The molecule has 18 nitrogen and oxygen atoms in total. The van der Waals surface area contributed by atoms with Gasteiger partial charge in [-0.05, 0) is 42.8 Å². The van der Waals surface area contributed by atoms with Crippen LogP contribution in [0.5, 0.6) is 5.75 Å². The predicted molar refractivity (Wildman–Crippen MR) is 206 cm³/mol. The Morgan fingerprint density at radius 1 is 0.586 bits per heavy atom. The summed E-state index contributed by atoms with van der Waals surface area (Å²) in [6.07, 6.45) is 0.953. The van der Waals surface area contributed by atoms with E-state index >= 15 is 0 Å². The first kappa shape index (κ1) is 46.3. The van der Waals surface area contributed by atoms with Crippen molar-refractivity contribution in [1.29, 1.82) is 0 Å². The Kier molecular flexibility index (Phi) is 22.5. The highest BCUT2D eigenvalue weighted by molar-refractivity contribution is 6.25. The maximum Gasteiger partial charge on any atom is 0.264 e.